The van der Waals surface area contributed by atoms with Crippen LogP contribution in [0.1, 0.15) is 28.7 Å². The SMILES string of the molecule is CN1CCN2C[C@@H](c3cccc(Cl)c3)c3ccccc3[C@H]2C1. The Bertz CT molecular complexity index is 685. The average Bonchev–Trinajstić information content (AvgIpc) is 2.54. The van der Waals surface area contributed by atoms with Crippen LogP contribution in [0.4, 0.5) is 0 Å². The maximum absolute atomic E-state index is 6.23. The molecule has 0 spiro atoms. The Kier molecular flexibility index (Phi) is 3.69. The lowest BCUT2D eigenvalue weighted by Gasteiger charge is -2.46. The van der Waals surface area contributed by atoms with Gasteiger partial charge in [-0.15, -0.1) is 0 Å². The van der Waals surface area contributed by atoms with E-state index in [2.05, 4.69) is 59.3 Å². The molecule has 0 saturated carbocycles. The predicted octanol–water partition coefficient (Wildman–Crippen LogP) is 3.77. The minimum Gasteiger partial charge on any atom is -0.303 e. The summed E-state index contributed by atoms with van der Waals surface area (Å²) >= 11 is 6.23. The first-order valence-electron chi connectivity index (χ1n) is 7.99. The molecule has 2 nitrogen and oxygen atoms in total. The molecule has 1 fully saturated rings. The molecule has 1 saturated heterocycles. The third-order valence-corrected chi connectivity index (χ3v) is 5.33. The third-order valence-electron chi connectivity index (χ3n) is 5.09. The number of nitrogens with zero attached hydrogens (tertiary/aromatic N) is 2. The molecule has 4 rings (SSSR count). The van der Waals surface area contributed by atoms with Gasteiger partial charge in [-0.2, -0.15) is 0 Å². The van der Waals surface area contributed by atoms with Crippen LogP contribution in [-0.4, -0.2) is 43.0 Å². The van der Waals surface area contributed by atoms with E-state index in [0.29, 0.717) is 12.0 Å². The molecule has 2 aromatic carbocycles. The number of fused-ring (bicyclic) bond motifs is 3. The summed E-state index contributed by atoms with van der Waals surface area (Å²) in [5.41, 5.74) is 4.30. The van der Waals surface area contributed by atoms with Gasteiger partial charge in [0.05, 0.1) is 0 Å². The number of hydrogen-bond acceptors (Lipinski definition) is 2. The van der Waals surface area contributed by atoms with Crippen molar-refractivity contribution in [1.29, 1.82) is 0 Å². The van der Waals surface area contributed by atoms with E-state index in [1.54, 1.807) is 0 Å². The summed E-state index contributed by atoms with van der Waals surface area (Å²) < 4.78 is 0. The molecule has 2 aliphatic rings. The molecule has 0 aromatic heterocycles. The van der Waals surface area contributed by atoms with Gasteiger partial charge in [0.25, 0.3) is 0 Å². The Morgan fingerprint density at radius 3 is 2.59 bits per heavy atom. The van der Waals surface area contributed by atoms with Gasteiger partial charge in [0, 0.05) is 43.2 Å². The fraction of sp³-hybridized carbons (Fsp3) is 0.368. The van der Waals surface area contributed by atoms with Crippen molar-refractivity contribution in [1.82, 2.24) is 9.80 Å². The molecule has 0 bridgehead atoms. The summed E-state index contributed by atoms with van der Waals surface area (Å²) in [5.74, 6) is 0.426. The number of benzene rings is 2. The molecule has 22 heavy (non-hydrogen) atoms. The Morgan fingerprint density at radius 2 is 1.77 bits per heavy atom. The van der Waals surface area contributed by atoms with Crippen molar-refractivity contribution in [3.05, 3.63) is 70.2 Å². The number of likely N-dealkylation sites (N-methyl/N-ethyl adjacent to an activating group) is 1. The topological polar surface area (TPSA) is 6.48 Å². The van der Waals surface area contributed by atoms with Crippen LogP contribution in [0, 0.1) is 0 Å². The van der Waals surface area contributed by atoms with Gasteiger partial charge in [-0.3, -0.25) is 4.90 Å². The summed E-state index contributed by atoms with van der Waals surface area (Å²) in [6, 6.07) is 17.8. The first-order chi connectivity index (χ1) is 10.7. The lowest BCUT2D eigenvalue weighted by atomic mass is 9.80. The van der Waals surface area contributed by atoms with Gasteiger partial charge in [-0.25, -0.2) is 0 Å². The van der Waals surface area contributed by atoms with Crippen molar-refractivity contribution in [2.75, 3.05) is 33.2 Å². The summed E-state index contributed by atoms with van der Waals surface area (Å²) in [6.45, 7) is 4.52. The maximum atomic E-state index is 6.23. The molecule has 3 heteroatoms. The number of piperazine rings is 1. The van der Waals surface area contributed by atoms with Crippen molar-refractivity contribution < 1.29 is 0 Å². The van der Waals surface area contributed by atoms with Crippen molar-refractivity contribution in [2.24, 2.45) is 0 Å². The molecule has 2 aliphatic heterocycles. The smallest absolute Gasteiger partial charge is 0.0478 e. The van der Waals surface area contributed by atoms with Crippen molar-refractivity contribution in [3.8, 4) is 0 Å². The Morgan fingerprint density at radius 1 is 0.955 bits per heavy atom. The monoisotopic (exact) mass is 312 g/mol. The molecule has 2 atom stereocenters. The van der Waals surface area contributed by atoms with Crippen molar-refractivity contribution in [2.45, 2.75) is 12.0 Å². The molecule has 0 unspecified atom stereocenters. The van der Waals surface area contributed by atoms with E-state index in [1.807, 2.05) is 6.07 Å². The third kappa shape index (κ3) is 2.45. The molecule has 0 amide bonds. The van der Waals surface area contributed by atoms with E-state index in [1.165, 1.54) is 16.7 Å². The van der Waals surface area contributed by atoms with Gasteiger partial charge >= 0.3 is 0 Å². The highest BCUT2D eigenvalue weighted by atomic mass is 35.5. The van der Waals surface area contributed by atoms with Gasteiger partial charge in [0.15, 0.2) is 0 Å². The number of hydrogen-bond donors (Lipinski definition) is 0. The molecule has 0 N–H and O–H groups in total. The van der Waals surface area contributed by atoms with Crippen LogP contribution in [0.5, 0.6) is 0 Å². The summed E-state index contributed by atoms with van der Waals surface area (Å²) in [5, 5.41) is 0.829. The van der Waals surface area contributed by atoms with E-state index in [0.717, 1.165) is 31.2 Å². The molecule has 2 heterocycles. The lowest BCUT2D eigenvalue weighted by molar-refractivity contribution is 0.0772. The molecule has 0 radical (unpaired) electrons. The first kappa shape index (κ1) is 14.3. The fourth-order valence-electron chi connectivity index (χ4n) is 3.94. The Hall–Kier alpha value is -1.35. The zero-order valence-electron chi connectivity index (χ0n) is 12.9. The van der Waals surface area contributed by atoms with Gasteiger partial charge in [-0.05, 0) is 35.9 Å². The average molecular weight is 313 g/mol. The van der Waals surface area contributed by atoms with Crippen LogP contribution < -0.4 is 0 Å². The van der Waals surface area contributed by atoms with Crippen LogP contribution in [-0.2, 0) is 0 Å². The molecule has 114 valence electrons. The standard InChI is InChI=1S/C19H21ClN2/c1-21-9-10-22-12-18(14-5-4-6-15(20)11-14)16-7-2-3-8-17(16)19(22)13-21/h2-8,11,18-19H,9-10,12-13H2,1H3/t18-,19+/m0/s1. The van der Waals surface area contributed by atoms with Gasteiger partial charge in [0.2, 0.25) is 0 Å². The summed E-state index contributed by atoms with van der Waals surface area (Å²) in [6.07, 6.45) is 0. The highest BCUT2D eigenvalue weighted by Gasteiger charge is 2.36. The van der Waals surface area contributed by atoms with E-state index in [9.17, 15) is 0 Å². The predicted molar refractivity (Wildman–Crippen MR) is 91.5 cm³/mol. The molecular weight excluding hydrogens is 292 g/mol. The second-order valence-electron chi connectivity index (χ2n) is 6.51. The normalized spacial score (nSPS) is 25.5. The van der Waals surface area contributed by atoms with Crippen LogP contribution >= 0.6 is 11.6 Å². The van der Waals surface area contributed by atoms with Crippen LogP contribution in [0.3, 0.4) is 0 Å². The molecule has 0 aliphatic carbocycles. The second-order valence-corrected chi connectivity index (χ2v) is 6.95. The van der Waals surface area contributed by atoms with Crippen LogP contribution in [0.25, 0.3) is 0 Å². The zero-order valence-corrected chi connectivity index (χ0v) is 13.6. The van der Waals surface area contributed by atoms with Gasteiger partial charge in [-0.1, -0.05) is 48.0 Å². The minimum absolute atomic E-state index is 0.426. The highest BCUT2D eigenvalue weighted by molar-refractivity contribution is 6.30. The Labute approximate surface area is 137 Å². The maximum Gasteiger partial charge on any atom is 0.0478 e. The zero-order chi connectivity index (χ0) is 15.1. The van der Waals surface area contributed by atoms with Crippen molar-refractivity contribution in [3.63, 3.8) is 0 Å². The summed E-state index contributed by atoms with van der Waals surface area (Å²) in [4.78, 5) is 5.09. The van der Waals surface area contributed by atoms with Gasteiger partial charge in [0.1, 0.15) is 0 Å². The lowest BCUT2D eigenvalue weighted by Crippen LogP contribution is -2.50. The largest absolute Gasteiger partial charge is 0.303 e. The van der Waals surface area contributed by atoms with Gasteiger partial charge < -0.3 is 4.90 Å². The Balaban J connectivity index is 1.79. The fourth-order valence-corrected chi connectivity index (χ4v) is 4.14. The highest BCUT2D eigenvalue weighted by Crippen LogP contribution is 2.40. The van der Waals surface area contributed by atoms with Crippen molar-refractivity contribution >= 4 is 11.6 Å². The second kappa shape index (κ2) is 5.69. The molecule has 2 aromatic rings. The number of rotatable bonds is 1. The summed E-state index contributed by atoms with van der Waals surface area (Å²) in [7, 11) is 2.23. The van der Waals surface area contributed by atoms with E-state index < -0.39 is 0 Å². The van der Waals surface area contributed by atoms with E-state index in [4.69, 9.17) is 11.6 Å². The van der Waals surface area contributed by atoms with Crippen LogP contribution in [0.2, 0.25) is 5.02 Å². The van der Waals surface area contributed by atoms with E-state index >= 15 is 0 Å². The number of halogens is 1. The quantitative estimate of drug-likeness (QED) is 0.791. The van der Waals surface area contributed by atoms with E-state index in [-0.39, 0.29) is 0 Å². The first-order valence-corrected chi connectivity index (χ1v) is 8.37. The minimum atomic E-state index is 0.426. The van der Waals surface area contributed by atoms with Crippen LogP contribution in [0.15, 0.2) is 48.5 Å². The molecular formula is C19H21ClN2.